The van der Waals surface area contributed by atoms with Gasteiger partial charge in [0.2, 0.25) is 15.0 Å². The van der Waals surface area contributed by atoms with Gasteiger partial charge < -0.3 is 9.64 Å². The number of nitrogens with zero attached hydrogens (tertiary/aromatic N) is 3. The van der Waals surface area contributed by atoms with Crippen molar-refractivity contribution in [1.29, 1.82) is 0 Å². The van der Waals surface area contributed by atoms with E-state index >= 15 is 0 Å². The van der Waals surface area contributed by atoms with Crippen LogP contribution in [0, 0.1) is 11.6 Å². The normalized spacial score (nSPS) is 14.5. The highest BCUT2D eigenvalue weighted by Gasteiger charge is 2.31. The van der Waals surface area contributed by atoms with E-state index in [-0.39, 0.29) is 30.8 Å². The molecule has 10 heteroatoms. The first-order chi connectivity index (χ1) is 13.3. The Morgan fingerprint density at radius 3 is 2.48 bits per heavy atom. The molecule has 0 atom stereocenters. The number of hydrogen-bond acceptors (Lipinski definition) is 6. The number of sulfone groups is 1. The Labute approximate surface area is 167 Å². The van der Waals surface area contributed by atoms with Crippen LogP contribution >= 0.6 is 0 Å². The summed E-state index contributed by atoms with van der Waals surface area (Å²) in [5.74, 6) is -1.66. The van der Waals surface area contributed by atoms with Crippen LogP contribution in [-0.4, -0.2) is 47.8 Å². The van der Waals surface area contributed by atoms with Gasteiger partial charge in [-0.3, -0.25) is 0 Å². The molecule has 0 spiro atoms. The van der Waals surface area contributed by atoms with Crippen LogP contribution in [0.4, 0.5) is 13.6 Å². The molecule has 1 aliphatic rings. The smallest absolute Gasteiger partial charge is 0.410 e. The minimum absolute atomic E-state index is 0.0143. The van der Waals surface area contributed by atoms with Gasteiger partial charge >= 0.3 is 6.09 Å². The lowest BCUT2D eigenvalue weighted by molar-refractivity contribution is 0.0222. The molecule has 0 radical (unpaired) electrons. The highest BCUT2D eigenvalue weighted by atomic mass is 32.2. The monoisotopic (exact) mass is 425 g/mol. The van der Waals surface area contributed by atoms with Gasteiger partial charge in [0.1, 0.15) is 17.2 Å². The van der Waals surface area contributed by atoms with Crippen LogP contribution in [0.25, 0.3) is 11.3 Å². The van der Waals surface area contributed by atoms with Crippen LogP contribution in [0.2, 0.25) is 0 Å². The average Bonchev–Trinajstić information content (AvgIpc) is 2.58. The first-order valence-electron chi connectivity index (χ1n) is 8.88. The summed E-state index contributed by atoms with van der Waals surface area (Å²) in [6, 6.07) is 2.94. The number of rotatable bonds is 2. The summed E-state index contributed by atoms with van der Waals surface area (Å²) < 4.78 is 57.2. The molecule has 2 heterocycles. The fourth-order valence-corrected chi connectivity index (χ4v) is 3.48. The lowest BCUT2D eigenvalue weighted by Crippen LogP contribution is -2.40. The third-order valence-electron chi connectivity index (χ3n) is 4.21. The zero-order chi connectivity index (χ0) is 21.6. The first-order valence-corrected chi connectivity index (χ1v) is 10.8. The maximum atomic E-state index is 14.5. The second kappa shape index (κ2) is 7.33. The Kier molecular flexibility index (Phi) is 5.33. The molecule has 0 N–H and O–H groups in total. The number of fused-ring (bicyclic) bond motifs is 1. The minimum Gasteiger partial charge on any atom is -0.444 e. The van der Waals surface area contributed by atoms with Crippen molar-refractivity contribution in [2.45, 2.75) is 44.5 Å². The first kappa shape index (κ1) is 21.1. The van der Waals surface area contributed by atoms with Crippen molar-refractivity contribution >= 4 is 15.9 Å². The largest absolute Gasteiger partial charge is 0.444 e. The van der Waals surface area contributed by atoms with Crippen molar-refractivity contribution in [3.05, 3.63) is 41.1 Å². The van der Waals surface area contributed by atoms with Crippen LogP contribution in [0.5, 0.6) is 0 Å². The molecule has 1 aliphatic heterocycles. The topological polar surface area (TPSA) is 89.5 Å². The van der Waals surface area contributed by atoms with Crippen molar-refractivity contribution < 1.29 is 26.7 Å². The number of carbonyl (C=O) groups excluding carboxylic acids is 1. The van der Waals surface area contributed by atoms with Crippen LogP contribution < -0.4 is 0 Å². The molecule has 29 heavy (non-hydrogen) atoms. The number of carbonyl (C=O) groups is 1. The molecular weight excluding hydrogens is 404 g/mol. The molecule has 0 aliphatic carbocycles. The Balaban J connectivity index is 2.12. The van der Waals surface area contributed by atoms with Crippen LogP contribution in [0.1, 0.15) is 32.0 Å². The van der Waals surface area contributed by atoms with Crippen molar-refractivity contribution in [3.8, 4) is 11.3 Å². The standard InChI is InChI=1S/C19H21F2N3O4S/c1-19(2,3)28-18(25)24-8-7-15-13(10-24)16(23-17(22-15)29(4,26)27)12-6-5-11(20)9-14(12)21/h5-6,9H,7-8,10H2,1-4H3. The molecule has 156 valence electrons. The predicted octanol–water partition coefficient (Wildman–Crippen LogP) is 3.12. The zero-order valence-corrected chi connectivity index (χ0v) is 17.3. The van der Waals surface area contributed by atoms with Crippen LogP contribution in [0.3, 0.4) is 0 Å². The maximum Gasteiger partial charge on any atom is 0.410 e. The highest BCUT2D eigenvalue weighted by molar-refractivity contribution is 7.90. The molecule has 0 fully saturated rings. The van der Waals surface area contributed by atoms with Gasteiger partial charge in [0, 0.05) is 36.4 Å². The fraction of sp³-hybridized carbons (Fsp3) is 0.421. The van der Waals surface area contributed by atoms with Crippen LogP contribution in [-0.2, 0) is 27.5 Å². The summed E-state index contributed by atoms with van der Waals surface area (Å²) in [5, 5.41) is -0.444. The average molecular weight is 425 g/mol. The number of halogens is 2. The third kappa shape index (κ3) is 4.69. The number of benzene rings is 1. The molecule has 7 nitrogen and oxygen atoms in total. The predicted molar refractivity (Wildman–Crippen MR) is 101 cm³/mol. The Hall–Kier alpha value is -2.62. The van der Waals surface area contributed by atoms with Crippen molar-refractivity contribution in [2.75, 3.05) is 12.8 Å². The summed E-state index contributed by atoms with van der Waals surface area (Å²) in [4.78, 5) is 22.0. The van der Waals surface area contributed by atoms with Gasteiger partial charge in [0.25, 0.3) is 0 Å². The summed E-state index contributed by atoms with van der Waals surface area (Å²) in [7, 11) is -3.77. The second-order valence-corrected chi connectivity index (χ2v) is 9.74. The van der Waals surface area contributed by atoms with E-state index in [4.69, 9.17) is 4.74 Å². The van der Waals surface area contributed by atoms with Gasteiger partial charge in [-0.2, -0.15) is 0 Å². The number of hydrogen-bond donors (Lipinski definition) is 0. The van der Waals surface area contributed by atoms with E-state index in [1.165, 1.54) is 11.0 Å². The lowest BCUT2D eigenvalue weighted by Gasteiger charge is -2.31. The number of ether oxygens (including phenoxy) is 1. The van der Waals surface area contributed by atoms with Crippen molar-refractivity contribution in [2.24, 2.45) is 0 Å². The molecule has 0 saturated heterocycles. The summed E-state index contributed by atoms with van der Waals surface area (Å²) in [6.45, 7) is 5.49. The molecule has 1 aromatic carbocycles. The third-order valence-corrected chi connectivity index (χ3v) is 5.06. The van der Waals surface area contributed by atoms with E-state index in [0.29, 0.717) is 17.3 Å². The quantitative estimate of drug-likeness (QED) is 0.687. The summed E-state index contributed by atoms with van der Waals surface area (Å²) >= 11 is 0. The fourth-order valence-electron chi connectivity index (χ4n) is 2.94. The molecule has 1 amide bonds. The van der Waals surface area contributed by atoms with E-state index in [1.807, 2.05) is 0 Å². The number of aromatic nitrogens is 2. The van der Waals surface area contributed by atoms with Gasteiger partial charge in [-0.15, -0.1) is 0 Å². The maximum absolute atomic E-state index is 14.5. The molecule has 3 rings (SSSR count). The van der Waals surface area contributed by atoms with Gasteiger partial charge in [-0.25, -0.2) is 32.0 Å². The molecule has 0 bridgehead atoms. The van der Waals surface area contributed by atoms with E-state index in [0.717, 1.165) is 12.3 Å². The number of amides is 1. The Bertz CT molecular complexity index is 1080. The minimum atomic E-state index is -3.77. The molecule has 1 aromatic heterocycles. The van der Waals surface area contributed by atoms with Gasteiger partial charge in [0.15, 0.2) is 0 Å². The van der Waals surface area contributed by atoms with Crippen LogP contribution in [0.15, 0.2) is 23.4 Å². The van der Waals surface area contributed by atoms with E-state index in [2.05, 4.69) is 9.97 Å². The lowest BCUT2D eigenvalue weighted by atomic mass is 9.99. The molecular formula is C19H21F2N3O4S. The van der Waals surface area contributed by atoms with Crippen molar-refractivity contribution in [1.82, 2.24) is 14.9 Å². The van der Waals surface area contributed by atoms with Gasteiger partial charge in [-0.05, 0) is 32.9 Å². The molecule has 0 unspecified atom stereocenters. The SMILES string of the molecule is CC(C)(C)OC(=O)N1CCc2nc(S(C)(=O)=O)nc(-c3ccc(F)cc3F)c2C1. The van der Waals surface area contributed by atoms with E-state index in [9.17, 15) is 22.0 Å². The summed E-state index contributed by atoms with van der Waals surface area (Å²) in [6.07, 6.45) is 0.644. The summed E-state index contributed by atoms with van der Waals surface area (Å²) in [5.41, 5.74) is 0.0565. The van der Waals surface area contributed by atoms with Gasteiger partial charge in [-0.1, -0.05) is 0 Å². The zero-order valence-electron chi connectivity index (χ0n) is 16.5. The Morgan fingerprint density at radius 2 is 1.90 bits per heavy atom. The van der Waals surface area contributed by atoms with Crippen molar-refractivity contribution in [3.63, 3.8) is 0 Å². The van der Waals surface area contributed by atoms with Gasteiger partial charge in [0.05, 0.1) is 17.9 Å². The highest BCUT2D eigenvalue weighted by Crippen LogP contribution is 2.31. The molecule has 2 aromatic rings. The second-order valence-electron chi connectivity index (χ2n) is 7.83. The Morgan fingerprint density at radius 1 is 1.21 bits per heavy atom. The molecule has 0 saturated carbocycles. The van der Waals surface area contributed by atoms with E-state index < -0.39 is 38.3 Å². The van der Waals surface area contributed by atoms with E-state index in [1.54, 1.807) is 20.8 Å².